The fraction of sp³-hybridized carbons (Fsp3) is 0.375. The summed E-state index contributed by atoms with van der Waals surface area (Å²) in [5.74, 6) is 2.09. The van der Waals surface area contributed by atoms with Gasteiger partial charge in [-0.1, -0.05) is 72.8 Å². The molecule has 34 heavy (non-hydrogen) atoms. The molecule has 6 rings (SSSR count). The van der Waals surface area contributed by atoms with E-state index in [0.717, 1.165) is 50.5 Å². The van der Waals surface area contributed by atoms with Crippen LogP contribution in [0.1, 0.15) is 73.1 Å². The van der Waals surface area contributed by atoms with Crippen LogP contribution in [-0.4, -0.2) is 11.6 Å². The highest BCUT2D eigenvalue weighted by Crippen LogP contribution is 2.46. The lowest BCUT2D eigenvalue weighted by Crippen LogP contribution is -2.26. The summed E-state index contributed by atoms with van der Waals surface area (Å²) < 4.78 is 0. The molecule has 2 saturated carbocycles. The first-order valence-corrected chi connectivity index (χ1v) is 13.0. The van der Waals surface area contributed by atoms with Crippen molar-refractivity contribution >= 4 is 23.2 Å². The van der Waals surface area contributed by atoms with Gasteiger partial charge in [-0.3, -0.25) is 9.59 Å². The highest BCUT2D eigenvalue weighted by molar-refractivity contribution is 5.98. The second kappa shape index (κ2) is 8.98. The predicted octanol–water partition coefficient (Wildman–Crippen LogP) is 7.11. The molecule has 0 N–H and O–H groups in total. The van der Waals surface area contributed by atoms with E-state index in [1.807, 2.05) is 12.2 Å². The monoisotopic (exact) mass is 448 g/mol. The summed E-state index contributed by atoms with van der Waals surface area (Å²) in [6, 6.07) is 17.3. The Kier molecular flexibility index (Phi) is 5.69. The largest absolute Gasteiger partial charge is 0.299 e. The topological polar surface area (TPSA) is 34.1 Å². The van der Waals surface area contributed by atoms with Crippen molar-refractivity contribution in [2.75, 3.05) is 0 Å². The van der Waals surface area contributed by atoms with Crippen LogP contribution in [-0.2, 0) is 16.0 Å². The van der Waals surface area contributed by atoms with E-state index in [0.29, 0.717) is 29.8 Å². The lowest BCUT2D eigenvalue weighted by atomic mass is 9.73. The molecule has 0 saturated heterocycles. The second-order valence-corrected chi connectivity index (χ2v) is 10.7. The highest BCUT2D eigenvalue weighted by atomic mass is 16.1. The van der Waals surface area contributed by atoms with Gasteiger partial charge in [-0.2, -0.15) is 0 Å². The van der Waals surface area contributed by atoms with Crippen molar-refractivity contribution in [2.45, 2.75) is 57.3 Å². The summed E-state index contributed by atoms with van der Waals surface area (Å²) in [5, 5.41) is 0. The lowest BCUT2D eigenvalue weighted by molar-refractivity contribution is -0.121. The number of Topliss-reactive ketones (excluding diaryl/α,β-unsaturated/α-hetero) is 2. The number of carbonyl (C=O) groups is 2. The van der Waals surface area contributed by atoms with Crippen LogP contribution in [0.15, 0.2) is 72.3 Å². The van der Waals surface area contributed by atoms with Gasteiger partial charge in [0.15, 0.2) is 5.78 Å². The molecule has 0 bridgehead atoms. The fourth-order valence-electron chi connectivity index (χ4n) is 6.76. The summed E-state index contributed by atoms with van der Waals surface area (Å²) in [6.07, 6.45) is 16.0. The number of carbonyl (C=O) groups excluding carboxylic acids is 2. The van der Waals surface area contributed by atoms with E-state index in [9.17, 15) is 9.59 Å². The molecule has 4 aliphatic carbocycles. The van der Waals surface area contributed by atoms with Gasteiger partial charge in [-0.25, -0.2) is 0 Å². The van der Waals surface area contributed by atoms with Crippen LogP contribution in [0.3, 0.4) is 0 Å². The second-order valence-electron chi connectivity index (χ2n) is 10.7. The molecule has 172 valence electrons. The van der Waals surface area contributed by atoms with Crippen LogP contribution in [0.2, 0.25) is 0 Å². The van der Waals surface area contributed by atoms with Gasteiger partial charge in [0.25, 0.3) is 0 Å². The van der Waals surface area contributed by atoms with Crippen LogP contribution in [0.25, 0.3) is 11.6 Å². The van der Waals surface area contributed by atoms with Gasteiger partial charge in [-0.15, -0.1) is 0 Å². The molecule has 2 atom stereocenters. The molecule has 2 nitrogen and oxygen atoms in total. The van der Waals surface area contributed by atoms with E-state index < -0.39 is 0 Å². The molecule has 0 heterocycles. The van der Waals surface area contributed by atoms with E-state index in [4.69, 9.17) is 0 Å². The predicted molar refractivity (Wildman–Crippen MR) is 137 cm³/mol. The van der Waals surface area contributed by atoms with E-state index in [2.05, 4.69) is 60.7 Å². The third kappa shape index (κ3) is 4.04. The minimum Gasteiger partial charge on any atom is -0.299 e. The van der Waals surface area contributed by atoms with Gasteiger partial charge in [0.05, 0.1) is 0 Å². The molecule has 2 heteroatoms. The van der Waals surface area contributed by atoms with E-state index in [1.165, 1.54) is 27.8 Å². The first-order chi connectivity index (χ1) is 16.7. The normalized spacial score (nSPS) is 28.1. The zero-order valence-corrected chi connectivity index (χ0v) is 19.7. The number of benzene rings is 2. The zero-order chi connectivity index (χ0) is 23.1. The van der Waals surface area contributed by atoms with Crippen molar-refractivity contribution in [1.82, 2.24) is 0 Å². The number of hydrogen-bond donors (Lipinski definition) is 0. The van der Waals surface area contributed by atoms with Gasteiger partial charge in [-0.05, 0) is 90.2 Å². The molecule has 0 aliphatic heterocycles. The Labute approximate surface area is 202 Å². The van der Waals surface area contributed by atoms with Crippen LogP contribution in [0.5, 0.6) is 0 Å². The highest BCUT2D eigenvalue weighted by Gasteiger charge is 2.40. The minimum absolute atomic E-state index is 0.0464. The summed E-state index contributed by atoms with van der Waals surface area (Å²) >= 11 is 0. The molecular formula is C32H32O2. The summed E-state index contributed by atoms with van der Waals surface area (Å²) in [5.41, 5.74) is 7.48. The van der Waals surface area contributed by atoms with Crippen LogP contribution in [0, 0.1) is 17.8 Å². The number of fused-ring (bicyclic) bond motifs is 1. The minimum atomic E-state index is 0.0464. The molecule has 2 fully saturated rings. The molecule has 2 aromatic rings. The smallest absolute Gasteiger partial charge is 0.162 e. The molecule has 0 spiro atoms. The summed E-state index contributed by atoms with van der Waals surface area (Å²) in [4.78, 5) is 25.8. The summed E-state index contributed by atoms with van der Waals surface area (Å²) in [6.45, 7) is 0. The average molecular weight is 449 g/mol. The van der Waals surface area contributed by atoms with Crippen molar-refractivity contribution in [1.29, 1.82) is 0 Å². The standard InChI is InChI=1S/C32H32O2/c33-31-20-29(22-10-12-24(13-11-22)32(34)23-8-4-5-9-23)19-30(31)26-15-14-25-16-27(18-28(25)17-26)21-6-2-1-3-7-21/h1-8,14-17,22,24,29-30H,9-13,18-20H2. The number of allylic oxidation sites excluding steroid dienone is 5. The quantitative estimate of drug-likeness (QED) is 0.488. The van der Waals surface area contributed by atoms with Crippen molar-refractivity contribution in [3.63, 3.8) is 0 Å². The fourth-order valence-corrected chi connectivity index (χ4v) is 6.76. The maximum atomic E-state index is 13.1. The molecular weight excluding hydrogens is 416 g/mol. The Morgan fingerprint density at radius 1 is 0.912 bits per heavy atom. The molecule has 0 radical (unpaired) electrons. The van der Waals surface area contributed by atoms with Crippen molar-refractivity contribution in [2.24, 2.45) is 17.8 Å². The van der Waals surface area contributed by atoms with Gasteiger partial charge in [0, 0.05) is 18.3 Å². The third-order valence-electron chi connectivity index (χ3n) is 8.71. The maximum Gasteiger partial charge on any atom is 0.162 e. The van der Waals surface area contributed by atoms with Gasteiger partial charge in [0.1, 0.15) is 5.78 Å². The Bertz CT molecular complexity index is 1200. The van der Waals surface area contributed by atoms with Crippen LogP contribution >= 0.6 is 0 Å². The van der Waals surface area contributed by atoms with Gasteiger partial charge >= 0.3 is 0 Å². The number of rotatable bonds is 5. The van der Waals surface area contributed by atoms with Gasteiger partial charge in [0.2, 0.25) is 0 Å². The maximum absolute atomic E-state index is 13.1. The number of hydrogen-bond acceptors (Lipinski definition) is 2. The molecule has 0 aromatic heterocycles. The average Bonchev–Trinajstić information content (AvgIpc) is 3.63. The van der Waals surface area contributed by atoms with Crippen molar-refractivity contribution in [3.8, 4) is 0 Å². The van der Waals surface area contributed by atoms with Crippen molar-refractivity contribution in [3.05, 3.63) is 94.6 Å². The van der Waals surface area contributed by atoms with E-state index in [-0.39, 0.29) is 11.8 Å². The van der Waals surface area contributed by atoms with E-state index >= 15 is 0 Å². The number of ketones is 2. The van der Waals surface area contributed by atoms with Crippen LogP contribution < -0.4 is 0 Å². The first kappa shape index (κ1) is 21.5. The molecule has 4 aliphatic rings. The molecule has 2 aromatic carbocycles. The Hall–Kier alpha value is -3.00. The molecule has 0 amide bonds. The molecule has 2 unspecified atom stereocenters. The Balaban J connectivity index is 1.09. The lowest BCUT2D eigenvalue weighted by Gasteiger charge is -2.31. The first-order valence-electron chi connectivity index (χ1n) is 13.0. The Morgan fingerprint density at radius 2 is 1.74 bits per heavy atom. The third-order valence-corrected chi connectivity index (χ3v) is 8.71. The van der Waals surface area contributed by atoms with Gasteiger partial charge < -0.3 is 0 Å². The summed E-state index contributed by atoms with van der Waals surface area (Å²) in [7, 11) is 0. The zero-order valence-electron chi connectivity index (χ0n) is 19.7. The Morgan fingerprint density at radius 3 is 2.50 bits per heavy atom. The SMILES string of the molecule is O=C(C1=CC=CC1)C1CCC(C2CC(=O)C(c3ccc4c(c3)CC(c3ccccc3)=C4)C2)CC1. The van der Waals surface area contributed by atoms with Crippen molar-refractivity contribution < 1.29 is 9.59 Å². The van der Waals surface area contributed by atoms with E-state index in [1.54, 1.807) is 0 Å². The van der Waals surface area contributed by atoms with Crippen LogP contribution in [0.4, 0.5) is 0 Å².